The Hall–Kier alpha value is -2.64. The van der Waals surface area contributed by atoms with Crippen LogP contribution in [-0.4, -0.2) is 194 Å². The minimum absolute atomic E-state index is 0.000302. The monoisotopic (exact) mass is 1160 g/mol. The van der Waals surface area contributed by atoms with E-state index in [0.29, 0.717) is 70.6 Å². The van der Waals surface area contributed by atoms with Gasteiger partial charge in [0.15, 0.2) is 17.4 Å². The molecule has 3 spiro atoms. The molecule has 0 aromatic rings. The van der Waals surface area contributed by atoms with Crippen molar-refractivity contribution in [3.05, 3.63) is 37.0 Å². The van der Waals surface area contributed by atoms with Crippen LogP contribution in [-0.2, 0) is 80.6 Å². The maximum Gasteiger partial charge on any atom is 0.407 e. The van der Waals surface area contributed by atoms with Gasteiger partial charge in [0.25, 0.3) is 0 Å². The number of esters is 1. The lowest BCUT2D eigenvalue weighted by atomic mass is 9.78. The molecule has 0 aromatic heterocycles. The first-order valence-corrected chi connectivity index (χ1v) is 31.9. The fourth-order valence-electron chi connectivity index (χ4n) is 18.5. The van der Waals surface area contributed by atoms with Gasteiger partial charge < -0.3 is 86.2 Å². The summed E-state index contributed by atoms with van der Waals surface area (Å²) in [5.41, 5.74) is 1.50. The van der Waals surface area contributed by atoms with Crippen LogP contribution in [0.15, 0.2) is 37.0 Å². The molecule has 16 aliphatic rings. The van der Waals surface area contributed by atoms with Gasteiger partial charge in [-0.3, -0.25) is 4.79 Å². The fraction of sp³-hybridized carbons (Fsp3) is 0.873. The number of fused-ring (bicyclic) bond motifs is 10. The Bertz CT molecular complexity index is 2540. The second kappa shape index (κ2) is 21.3. The zero-order chi connectivity index (χ0) is 57.1. The number of aliphatic hydroxyl groups excluding tert-OH is 1. The molecule has 460 valence electrons. The number of hydrogen-bond acceptors (Lipinski definition) is 19. The van der Waals surface area contributed by atoms with Gasteiger partial charge in [-0.05, 0) is 80.8 Å². The number of aliphatic hydroxyl groups is 1. The summed E-state index contributed by atoms with van der Waals surface area (Å²) in [5.74, 6) is -2.97. The molecular weight excluding hydrogens is 1070 g/mol. The molecule has 0 radical (unpaired) electrons. The van der Waals surface area contributed by atoms with E-state index < -0.39 is 77.9 Å². The lowest BCUT2D eigenvalue weighted by Gasteiger charge is -2.54. The normalized spacial score (nSPS) is 56.0. The van der Waals surface area contributed by atoms with Crippen molar-refractivity contribution in [1.82, 2.24) is 5.32 Å². The number of alkyl carbamates (subject to hydrolysis) is 1. The predicted molar refractivity (Wildman–Crippen MR) is 290 cm³/mol. The van der Waals surface area contributed by atoms with Gasteiger partial charge in [0.05, 0.1) is 110 Å². The van der Waals surface area contributed by atoms with Crippen LogP contribution in [0.4, 0.5) is 4.79 Å². The van der Waals surface area contributed by atoms with E-state index in [-0.39, 0.29) is 141 Å². The van der Waals surface area contributed by atoms with E-state index in [2.05, 4.69) is 59.7 Å². The lowest BCUT2D eigenvalue weighted by molar-refractivity contribution is -0.370. The van der Waals surface area contributed by atoms with Gasteiger partial charge in [-0.25, -0.2) is 4.79 Å². The minimum Gasteiger partial charge on any atom is -0.459 e. The SMILES string of the molecule is C=CCOC(=O)NC[C@H]1O[C@@H]2[C@H](C[C@H]1O)O[C@@]1(C[C@@H]2C)C[C@H](C)[C@@H]2O[C@]3(C[C@@H]2O1)C[C@H]1O[C@H]2[C@H](C)[C@H]4OC(=O)C[C@H]5CC[C@@H]6O[C@@H]7[C@H]8O[C@@H]9C[C@](CC[C@H]%10CC(=C)[C@H](CC[C@H]%11C[C@@H](C)C(=C)[C@@H](C[C@@H]4O[C@H]2C[C@H]1O3)O%11)O%10)(O[C@H]8[C@H]6O5)O[C@@]79C. The summed E-state index contributed by atoms with van der Waals surface area (Å²) >= 11 is 0. The molecule has 12 bridgehead atoms. The number of amides is 1. The zero-order valence-corrected chi connectivity index (χ0v) is 49.0. The van der Waals surface area contributed by atoms with Crippen molar-refractivity contribution in [2.24, 2.45) is 23.7 Å². The van der Waals surface area contributed by atoms with Crippen LogP contribution >= 0.6 is 0 Å². The van der Waals surface area contributed by atoms with Crippen molar-refractivity contribution in [2.75, 3.05) is 13.2 Å². The van der Waals surface area contributed by atoms with Crippen molar-refractivity contribution in [3.8, 4) is 0 Å². The van der Waals surface area contributed by atoms with Crippen LogP contribution in [0.1, 0.15) is 144 Å². The first kappa shape index (κ1) is 56.8. The first-order chi connectivity index (χ1) is 39.8. The molecule has 16 rings (SSSR count). The molecule has 2 N–H and O–H groups in total. The highest BCUT2D eigenvalue weighted by Gasteiger charge is 2.74. The van der Waals surface area contributed by atoms with Crippen LogP contribution in [0.2, 0.25) is 0 Å². The van der Waals surface area contributed by atoms with Gasteiger partial charge in [0.1, 0.15) is 48.8 Å². The van der Waals surface area contributed by atoms with Crippen LogP contribution in [0.25, 0.3) is 0 Å². The highest BCUT2D eigenvalue weighted by molar-refractivity contribution is 5.70. The third-order valence-electron chi connectivity index (χ3n) is 22.5. The van der Waals surface area contributed by atoms with Gasteiger partial charge in [0.2, 0.25) is 0 Å². The highest BCUT2D eigenvalue weighted by Crippen LogP contribution is 2.60. The summed E-state index contributed by atoms with van der Waals surface area (Å²) in [5, 5.41) is 13.9. The average Bonchev–Trinajstić information content (AvgIpc) is 4.38. The molecule has 16 heterocycles. The van der Waals surface area contributed by atoms with Crippen LogP contribution < -0.4 is 5.32 Å². The highest BCUT2D eigenvalue weighted by atomic mass is 16.8. The maximum absolute atomic E-state index is 14.6. The molecule has 16 aliphatic heterocycles. The van der Waals surface area contributed by atoms with Crippen molar-refractivity contribution in [2.45, 2.75) is 307 Å². The van der Waals surface area contributed by atoms with Crippen LogP contribution in [0.3, 0.4) is 0 Å². The largest absolute Gasteiger partial charge is 0.459 e. The Morgan fingerprint density at radius 1 is 0.627 bits per heavy atom. The van der Waals surface area contributed by atoms with Crippen LogP contribution in [0, 0.1) is 23.7 Å². The van der Waals surface area contributed by atoms with Crippen molar-refractivity contribution in [1.29, 1.82) is 0 Å². The number of hydrogen-bond donors (Lipinski definition) is 2. The molecule has 83 heavy (non-hydrogen) atoms. The van der Waals surface area contributed by atoms with E-state index in [1.807, 2.05) is 0 Å². The van der Waals surface area contributed by atoms with Gasteiger partial charge in [-0.2, -0.15) is 0 Å². The third-order valence-corrected chi connectivity index (χ3v) is 22.5. The van der Waals surface area contributed by atoms with Gasteiger partial charge in [-0.15, -0.1) is 0 Å². The van der Waals surface area contributed by atoms with Gasteiger partial charge in [-0.1, -0.05) is 53.5 Å². The summed E-state index contributed by atoms with van der Waals surface area (Å²) in [6.45, 7) is 23.7. The molecule has 20 nitrogen and oxygen atoms in total. The van der Waals surface area contributed by atoms with Crippen molar-refractivity contribution < 1.29 is 90.5 Å². The number of carbonyl (C=O) groups excluding carboxylic acids is 2. The molecule has 20 heteroatoms. The van der Waals surface area contributed by atoms with Gasteiger partial charge >= 0.3 is 12.1 Å². The third kappa shape index (κ3) is 9.96. The zero-order valence-electron chi connectivity index (χ0n) is 49.0. The molecule has 0 aliphatic carbocycles. The van der Waals surface area contributed by atoms with E-state index in [4.69, 9.17) is 75.8 Å². The summed E-state index contributed by atoms with van der Waals surface area (Å²) in [7, 11) is 0. The Morgan fingerprint density at radius 3 is 2.20 bits per heavy atom. The Labute approximate surface area is 487 Å². The number of carbonyl (C=O) groups is 2. The second-order valence-corrected chi connectivity index (χ2v) is 28.3. The molecule has 1 amide bonds. The molecular formula is C63H89NO19. The van der Waals surface area contributed by atoms with Crippen molar-refractivity contribution in [3.63, 3.8) is 0 Å². The molecule has 0 saturated carbocycles. The topological polar surface area (TPSA) is 214 Å². The quantitative estimate of drug-likeness (QED) is 0.228. The average molecular weight is 1160 g/mol. The van der Waals surface area contributed by atoms with E-state index in [1.54, 1.807) is 0 Å². The maximum atomic E-state index is 14.6. The Morgan fingerprint density at radius 2 is 1.36 bits per heavy atom. The van der Waals surface area contributed by atoms with Gasteiger partial charge in [0, 0.05) is 70.3 Å². The predicted octanol–water partition coefficient (Wildman–Crippen LogP) is 6.48. The standard InChI is InChI=1S/C63H89NO19/c1-9-16-68-59(67)64-28-48-38(65)20-45-51(74-48)31(4)23-62(79-45)24-32(5)52-47(80-62)26-63(81-52)25-46-42(78-63)22-44-53(73-46)34(7)54-43(72-44)21-41-33(6)29(2)17-35(70-41)10-12-39-30(3)18-37(69-39)14-15-61-27-49-60(8,83-61)58-57(76-49)56(82-61)55-40(75-58)13-11-36(71-55)19-50(66)77-54/h9,29,31-32,34-49,51-58,65H,1,3,6,10-28H2,2,4-5,7-8H3,(H,64,67)/t29-,31+,32+,34+,35+,36-,37+,38-,39+,40+,41-,42-,43+,44+,45+,46-,47+,48-,49-,51+,52+,53+,54-,55+,56+,57+,58-,60-,61-,62-,63+/m1/s1. The summed E-state index contributed by atoms with van der Waals surface area (Å²) < 4.78 is 109. The minimum atomic E-state index is -0.942. The van der Waals surface area contributed by atoms with E-state index >= 15 is 0 Å². The molecule has 0 unspecified atom stereocenters. The van der Waals surface area contributed by atoms with Crippen LogP contribution in [0.5, 0.6) is 0 Å². The molecule has 31 atom stereocenters. The molecule has 16 fully saturated rings. The Balaban J connectivity index is 0.643. The number of ether oxygens (including phenoxy) is 16. The van der Waals surface area contributed by atoms with Crippen molar-refractivity contribution >= 4 is 12.1 Å². The smallest absolute Gasteiger partial charge is 0.407 e. The molecule has 0 aromatic carbocycles. The van der Waals surface area contributed by atoms with E-state index in [0.717, 1.165) is 43.3 Å². The first-order valence-electron chi connectivity index (χ1n) is 31.9. The fourth-order valence-corrected chi connectivity index (χ4v) is 18.5. The summed E-state index contributed by atoms with van der Waals surface area (Å²) in [4.78, 5) is 26.8. The number of nitrogens with one attached hydrogen (secondary N) is 1. The molecule has 16 saturated heterocycles. The number of rotatable bonds is 4. The summed E-state index contributed by atoms with van der Waals surface area (Å²) in [6, 6.07) is 0. The lowest BCUT2D eigenvalue weighted by Crippen LogP contribution is -2.63. The van der Waals surface area contributed by atoms with E-state index in [1.165, 1.54) is 6.08 Å². The summed E-state index contributed by atoms with van der Waals surface area (Å²) in [6.07, 6.45) is 3.30. The Kier molecular flexibility index (Phi) is 14.6. The van der Waals surface area contributed by atoms with E-state index in [9.17, 15) is 14.7 Å². The second-order valence-electron chi connectivity index (χ2n) is 28.3.